The van der Waals surface area contributed by atoms with Crippen molar-refractivity contribution in [2.45, 2.75) is 26.4 Å². The first-order chi connectivity index (χ1) is 10.8. The van der Waals surface area contributed by atoms with Crippen molar-refractivity contribution in [3.63, 3.8) is 0 Å². The molecule has 110 valence electrons. The van der Waals surface area contributed by atoms with Crippen LogP contribution < -0.4 is 4.74 Å². The van der Waals surface area contributed by atoms with Gasteiger partial charge in [0.2, 0.25) is 0 Å². The second-order valence-corrected chi connectivity index (χ2v) is 5.81. The molecule has 0 saturated heterocycles. The van der Waals surface area contributed by atoms with Crippen LogP contribution in [0.25, 0.3) is 6.08 Å². The topological polar surface area (TPSA) is 18.5 Å². The number of allylic oxidation sites excluding steroid dienone is 1. The van der Waals surface area contributed by atoms with Gasteiger partial charge in [-0.3, -0.25) is 0 Å². The van der Waals surface area contributed by atoms with Crippen LogP contribution in [-0.4, -0.2) is 0 Å². The van der Waals surface area contributed by atoms with Gasteiger partial charge in [0.05, 0.1) is 12.5 Å². The lowest BCUT2D eigenvalue weighted by atomic mass is 9.90. The number of benzene rings is 2. The molecule has 2 aromatic carbocycles. The third kappa shape index (κ3) is 2.21. The summed E-state index contributed by atoms with van der Waals surface area (Å²) in [4.78, 5) is 0. The Balaban J connectivity index is 1.76. The van der Waals surface area contributed by atoms with Crippen LogP contribution in [0.5, 0.6) is 5.75 Å². The van der Waals surface area contributed by atoms with Crippen molar-refractivity contribution in [3.05, 3.63) is 82.3 Å². The molecule has 0 fully saturated rings. The minimum Gasteiger partial charge on any atom is -0.496 e. The van der Waals surface area contributed by atoms with Gasteiger partial charge >= 0.3 is 0 Å². The molecule has 0 saturated carbocycles. The van der Waals surface area contributed by atoms with E-state index in [-0.39, 0.29) is 0 Å². The van der Waals surface area contributed by atoms with E-state index in [0.717, 1.165) is 18.6 Å². The summed E-state index contributed by atoms with van der Waals surface area (Å²) < 4.78 is 11.1. The van der Waals surface area contributed by atoms with Gasteiger partial charge in [-0.2, -0.15) is 0 Å². The maximum absolute atomic E-state index is 5.62. The van der Waals surface area contributed by atoms with Crippen molar-refractivity contribution in [2.24, 2.45) is 0 Å². The third-order valence-corrected chi connectivity index (χ3v) is 4.45. The van der Waals surface area contributed by atoms with Crippen molar-refractivity contribution in [1.29, 1.82) is 0 Å². The number of ether oxygens (including phenoxy) is 2. The Morgan fingerprint density at radius 3 is 2.86 bits per heavy atom. The molecule has 0 amide bonds. The van der Waals surface area contributed by atoms with Gasteiger partial charge in [0, 0.05) is 11.1 Å². The molecule has 2 heteroatoms. The van der Waals surface area contributed by atoms with Crippen molar-refractivity contribution in [2.75, 3.05) is 0 Å². The Bertz CT molecular complexity index is 785. The van der Waals surface area contributed by atoms with Crippen LogP contribution in [0.4, 0.5) is 0 Å². The Morgan fingerprint density at radius 2 is 1.91 bits per heavy atom. The molecule has 0 radical (unpaired) electrons. The molecule has 0 bridgehead atoms. The first kappa shape index (κ1) is 13.2. The summed E-state index contributed by atoms with van der Waals surface area (Å²) >= 11 is 0. The molecular weight excluding hydrogens is 272 g/mol. The van der Waals surface area contributed by atoms with Crippen LogP contribution in [0.15, 0.2) is 48.9 Å². The second kappa shape index (κ2) is 5.38. The standard InChI is InChI=1S/C20H18O2/c1-14-7-8-16(19-13-21-11-9-17(14)19)12-15-4-2-6-20-18(15)5-3-10-22-20/h2-4,6-11H,5,12-13H2,1H3. The van der Waals surface area contributed by atoms with E-state index >= 15 is 0 Å². The zero-order valence-corrected chi connectivity index (χ0v) is 12.6. The van der Waals surface area contributed by atoms with Gasteiger partial charge in [0.25, 0.3) is 0 Å². The molecule has 2 aliphatic heterocycles. The summed E-state index contributed by atoms with van der Waals surface area (Å²) in [6.07, 6.45) is 9.57. The van der Waals surface area contributed by atoms with Gasteiger partial charge in [-0.15, -0.1) is 0 Å². The highest BCUT2D eigenvalue weighted by Gasteiger charge is 2.16. The largest absolute Gasteiger partial charge is 0.496 e. The molecular formula is C20H18O2. The number of hydrogen-bond acceptors (Lipinski definition) is 2. The summed E-state index contributed by atoms with van der Waals surface area (Å²) in [5.74, 6) is 0.983. The monoisotopic (exact) mass is 290 g/mol. The third-order valence-electron chi connectivity index (χ3n) is 4.45. The zero-order valence-electron chi connectivity index (χ0n) is 12.6. The highest BCUT2D eigenvalue weighted by Crippen LogP contribution is 2.31. The van der Waals surface area contributed by atoms with E-state index in [0.29, 0.717) is 6.61 Å². The molecule has 4 rings (SSSR count). The van der Waals surface area contributed by atoms with Gasteiger partial charge in [-0.05, 0) is 60.2 Å². The van der Waals surface area contributed by atoms with Gasteiger partial charge in [-0.1, -0.05) is 24.3 Å². The molecule has 0 spiro atoms. The molecule has 0 aliphatic carbocycles. The van der Waals surface area contributed by atoms with Crippen LogP contribution in [0.2, 0.25) is 0 Å². The van der Waals surface area contributed by atoms with Gasteiger partial charge in [0.1, 0.15) is 12.4 Å². The van der Waals surface area contributed by atoms with Crippen molar-refractivity contribution >= 4 is 6.08 Å². The Kier molecular flexibility index (Phi) is 3.23. The predicted molar refractivity (Wildman–Crippen MR) is 87.7 cm³/mol. The van der Waals surface area contributed by atoms with Crippen LogP contribution in [0, 0.1) is 6.92 Å². The van der Waals surface area contributed by atoms with Crippen molar-refractivity contribution < 1.29 is 9.47 Å². The zero-order chi connectivity index (χ0) is 14.9. The molecule has 2 aromatic rings. The highest BCUT2D eigenvalue weighted by molar-refractivity contribution is 5.61. The quantitative estimate of drug-likeness (QED) is 0.808. The van der Waals surface area contributed by atoms with E-state index in [4.69, 9.17) is 9.47 Å². The van der Waals surface area contributed by atoms with Crippen LogP contribution in [0.1, 0.15) is 33.4 Å². The minimum absolute atomic E-state index is 0.661. The summed E-state index contributed by atoms with van der Waals surface area (Å²) in [5.41, 5.74) is 7.90. The number of fused-ring (bicyclic) bond motifs is 2. The van der Waals surface area contributed by atoms with E-state index in [9.17, 15) is 0 Å². The highest BCUT2D eigenvalue weighted by atomic mass is 16.5. The Hall–Kier alpha value is -2.48. The fourth-order valence-electron chi connectivity index (χ4n) is 3.25. The number of aryl methyl sites for hydroxylation is 1. The van der Waals surface area contributed by atoms with E-state index in [1.54, 1.807) is 12.5 Å². The molecule has 2 nitrogen and oxygen atoms in total. The number of rotatable bonds is 2. The second-order valence-electron chi connectivity index (χ2n) is 5.81. The van der Waals surface area contributed by atoms with Crippen LogP contribution in [0.3, 0.4) is 0 Å². The fraction of sp³-hybridized carbons (Fsp3) is 0.200. The molecule has 2 heterocycles. The van der Waals surface area contributed by atoms with E-state index < -0.39 is 0 Å². The van der Waals surface area contributed by atoms with Crippen LogP contribution in [-0.2, 0) is 24.2 Å². The SMILES string of the molecule is Cc1ccc(Cc2cccc3c2CC=CO3)c2c1C=COC2. The molecule has 22 heavy (non-hydrogen) atoms. The average Bonchev–Trinajstić information content (AvgIpc) is 2.58. The molecule has 2 aliphatic rings. The fourth-order valence-corrected chi connectivity index (χ4v) is 3.25. The Labute approximate surface area is 130 Å². The summed E-state index contributed by atoms with van der Waals surface area (Å²) in [5, 5.41) is 0. The summed E-state index contributed by atoms with van der Waals surface area (Å²) in [6, 6.07) is 10.8. The molecule has 0 atom stereocenters. The lowest BCUT2D eigenvalue weighted by Gasteiger charge is -2.20. The molecule has 0 unspecified atom stereocenters. The van der Waals surface area contributed by atoms with Gasteiger partial charge in [0.15, 0.2) is 0 Å². The summed E-state index contributed by atoms with van der Waals surface area (Å²) in [7, 11) is 0. The Morgan fingerprint density at radius 1 is 1.00 bits per heavy atom. The number of hydrogen-bond donors (Lipinski definition) is 0. The molecule has 0 aromatic heterocycles. The van der Waals surface area contributed by atoms with Gasteiger partial charge < -0.3 is 9.47 Å². The maximum atomic E-state index is 5.62. The normalized spacial score (nSPS) is 14.8. The van der Waals surface area contributed by atoms with Gasteiger partial charge in [-0.25, -0.2) is 0 Å². The van der Waals surface area contributed by atoms with E-state index in [1.807, 2.05) is 6.07 Å². The maximum Gasteiger partial charge on any atom is 0.130 e. The average molecular weight is 290 g/mol. The van der Waals surface area contributed by atoms with Crippen molar-refractivity contribution in [3.8, 4) is 5.75 Å². The molecule has 0 N–H and O–H groups in total. The van der Waals surface area contributed by atoms with Crippen LogP contribution >= 0.6 is 0 Å². The summed E-state index contributed by atoms with van der Waals surface area (Å²) in [6.45, 7) is 2.82. The lowest BCUT2D eigenvalue weighted by Crippen LogP contribution is -2.07. The van der Waals surface area contributed by atoms with Crippen molar-refractivity contribution in [1.82, 2.24) is 0 Å². The first-order valence-corrected chi connectivity index (χ1v) is 7.65. The van der Waals surface area contributed by atoms with E-state index in [2.05, 4.69) is 43.3 Å². The minimum atomic E-state index is 0.661. The first-order valence-electron chi connectivity index (χ1n) is 7.65. The predicted octanol–water partition coefficient (Wildman–Crippen LogP) is 4.54. The lowest BCUT2D eigenvalue weighted by molar-refractivity contribution is 0.233. The van der Waals surface area contributed by atoms with E-state index in [1.165, 1.54) is 33.4 Å². The smallest absolute Gasteiger partial charge is 0.130 e.